The third-order valence-electron chi connectivity index (χ3n) is 4.67. The molecule has 2 aromatic rings. The lowest BCUT2D eigenvalue weighted by molar-refractivity contribution is -0.216. The predicted octanol–water partition coefficient (Wildman–Crippen LogP) is -0.403. The Balaban J connectivity index is 1.63. The van der Waals surface area contributed by atoms with E-state index < -0.39 is 18.0 Å². The largest absolute Gasteiger partial charge is 0.390 e. The molecule has 7 heteroatoms. The number of ether oxygens (including phenoxy) is 1. The van der Waals surface area contributed by atoms with Crippen molar-refractivity contribution in [1.82, 2.24) is 14.9 Å². The first-order valence-electron chi connectivity index (χ1n) is 7.82. The molecule has 122 valence electrons. The predicted molar refractivity (Wildman–Crippen MR) is 82.9 cm³/mol. The molecular weight excluding hydrogens is 298 g/mol. The van der Waals surface area contributed by atoms with Gasteiger partial charge < -0.3 is 20.3 Å². The number of rotatable bonds is 2. The van der Waals surface area contributed by atoms with E-state index in [4.69, 9.17) is 4.74 Å². The SMILES string of the molecule is O=c1c2ccccc2ncn1CC1(O)C[C@@H]2NCC[C@H](O)[C@@H]2O1. The van der Waals surface area contributed by atoms with Gasteiger partial charge in [0.25, 0.3) is 5.56 Å². The number of fused-ring (bicyclic) bond motifs is 2. The van der Waals surface area contributed by atoms with Gasteiger partial charge in [0.15, 0.2) is 5.79 Å². The monoisotopic (exact) mass is 317 g/mol. The highest BCUT2D eigenvalue weighted by molar-refractivity contribution is 5.76. The van der Waals surface area contributed by atoms with E-state index in [1.54, 1.807) is 18.2 Å². The van der Waals surface area contributed by atoms with E-state index in [2.05, 4.69) is 10.3 Å². The Bertz CT molecular complexity index is 792. The van der Waals surface area contributed by atoms with Gasteiger partial charge in [0, 0.05) is 12.5 Å². The number of aromatic nitrogens is 2. The molecule has 0 saturated carbocycles. The van der Waals surface area contributed by atoms with Gasteiger partial charge in [-0.2, -0.15) is 0 Å². The van der Waals surface area contributed by atoms with Gasteiger partial charge in [0.05, 0.1) is 29.9 Å². The van der Waals surface area contributed by atoms with Gasteiger partial charge in [-0.05, 0) is 25.1 Å². The summed E-state index contributed by atoms with van der Waals surface area (Å²) in [5.74, 6) is -1.48. The third-order valence-corrected chi connectivity index (χ3v) is 4.67. The van der Waals surface area contributed by atoms with Crippen molar-refractivity contribution < 1.29 is 14.9 Å². The first-order valence-corrected chi connectivity index (χ1v) is 7.82. The average molecular weight is 317 g/mol. The summed E-state index contributed by atoms with van der Waals surface area (Å²) in [5.41, 5.74) is 0.412. The van der Waals surface area contributed by atoms with Crippen LogP contribution in [-0.2, 0) is 11.3 Å². The van der Waals surface area contributed by atoms with Gasteiger partial charge in [-0.1, -0.05) is 12.1 Å². The Kier molecular flexibility index (Phi) is 3.46. The number of nitrogens with zero attached hydrogens (tertiary/aromatic N) is 2. The van der Waals surface area contributed by atoms with E-state index in [1.165, 1.54) is 10.9 Å². The summed E-state index contributed by atoms with van der Waals surface area (Å²) in [5, 5.41) is 24.5. The second kappa shape index (κ2) is 5.38. The smallest absolute Gasteiger partial charge is 0.261 e. The number of nitrogens with one attached hydrogen (secondary N) is 1. The molecule has 2 saturated heterocycles. The molecule has 1 aromatic carbocycles. The molecule has 2 fully saturated rings. The number of hydrogen-bond acceptors (Lipinski definition) is 6. The minimum Gasteiger partial charge on any atom is -0.390 e. The number of piperidine rings is 1. The molecule has 0 bridgehead atoms. The highest BCUT2D eigenvalue weighted by Crippen LogP contribution is 2.34. The van der Waals surface area contributed by atoms with Crippen LogP contribution >= 0.6 is 0 Å². The van der Waals surface area contributed by atoms with Crippen molar-refractivity contribution in [1.29, 1.82) is 0 Å². The van der Waals surface area contributed by atoms with Crippen LogP contribution in [0.15, 0.2) is 35.4 Å². The van der Waals surface area contributed by atoms with Gasteiger partial charge in [-0.25, -0.2) is 4.98 Å². The summed E-state index contributed by atoms with van der Waals surface area (Å²) < 4.78 is 7.06. The van der Waals surface area contributed by atoms with Crippen molar-refractivity contribution in [3.63, 3.8) is 0 Å². The Morgan fingerprint density at radius 1 is 1.43 bits per heavy atom. The molecule has 4 atom stereocenters. The van der Waals surface area contributed by atoms with Gasteiger partial charge in [-0.3, -0.25) is 9.36 Å². The van der Waals surface area contributed by atoms with E-state index in [-0.39, 0.29) is 18.1 Å². The van der Waals surface area contributed by atoms with Gasteiger partial charge in [0.2, 0.25) is 0 Å². The third kappa shape index (κ3) is 2.55. The molecule has 0 radical (unpaired) electrons. The molecule has 23 heavy (non-hydrogen) atoms. The van der Waals surface area contributed by atoms with Crippen molar-refractivity contribution >= 4 is 10.9 Å². The van der Waals surface area contributed by atoms with E-state index in [9.17, 15) is 15.0 Å². The van der Waals surface area contributed by atoms with Crippen LogP contribution in [0.1, 0.15) is 12.8 Å². The maximum absolute atomic E-state index is 12.5. The van der Waals surface area contributed by atoms with Crippen LogP contribution in [0.2, 0.25) is 0 Å². The van der Waals surface area contributed by atoms with Crippen molar-refractivity contribution in [3.05, 3.63) is 40.9 Å². The van der Waals surface area contributed by atoms with Gasteiger partial charge in [0.1, 0.15) is 6.10 Å². The molecule has 1 unspecified atom stereocenters. The fourth-order valence-electron chi connectivity index (χ4n) is 3.55. The fraction of sp³-hybridized carbons (Fsp3) is 0.500. The summed E-state index contributed by atoms with van der Waals surface area (Å²) >= 11 is 0. The van der Waals surface area contributed by atoms with E-state index in [0.717, 1.165) is 0 Å². The standard InChI is InChI=1S/C16H19N3O4/c20-13-5-6-17-12-7-16(22,23-14(12)13)8-19-9-18-11-4-2-1-3-10(11)15(19)21/h1-4,9,12-14,17,20,22H,5-8H2/t12-,13-,14+,16?/m0/s1. The number of aliphatic hydroxyl groups is 2. The number of para-hydroxylation sites is 1. The summed E-state index contributed by atoms with van der Waals surface area (Å²) in [6.45, 7) is 0.685. The maximum atomic E-state index is 12.5. The summed E-state index contributed by atoms with van der Waals surface area (Å²) in [7, 11) is 0. The topological polar surface area (TPSA) is 96.6 Å². The molecule has 0 aliphatic carbocycles. The van der Waals surface area contributed by atoms with Crippen LogP contribution in [-0.4, -0.2) is 50.3 Å². The molecule has 2 aliphatic heterocycles. The van der Waals surface area contributed by atoms with Crippen LogP contribution in [0, 0.1) is 0 Å². The van der Waals surface area contributed by atoms with Crippen LogP contribution in [0.4, 0.5) is 0 Å². The number of benzene rings is 1. The Hall–Kier alpha value is -1.80. The van der Waals surface area contributed by atoms with Crippen LogP contribution in [0.3, 0.4) is 0 Å². The second-order valence-electron chi connectivity index (χ2n) is 6.34. The fourth-order valence-corrected chi connectivity index (χ4v) is 3.55. The van der Waals surface area contributed by atoms with Crippen molar-refractivity contribution in [2.45, 2.75) is 43.4 Å². The minimum atomic E-state index is -1.48. The molecular formula is C16H19N3O4. The van der Waals surface area contributed by atoms with Crippen LogP contribution < -0.4 is 10.9 Å². The van der Waals surface area contributed by atoms with Gasteiger partial charge >= 0.3 is 0 Å². The first kappa shape index (κ1) is 14.8. The molecule has 3 heterocycles. The summed E-state index contributed by atoms with van der Waals surface area (Å²) in [6.07, 6.45) is 1.31. The Labute approximate surface area is 132 Å². The quantitative estimate of drug-likeness (QED) is 0.697. The molecule has 3 N–H and O–H groups in total. The van der Waals surface area contributed by atoms with Crippen molar-refractivity contribution in [2.75, 3.05) is 6.54 Å². The van der Waals surface area contributed by atoms with Crippen LogP contribution in [0.5, 0.6) is 0 Å². The molecule has 0 amide bonds. The average Bonchev–Trinajstić information content (AvgIpc) is 2.88. The highest BCUT2D eigenvalue weighted by atomic mass is 16.6. The second-order valence-corrected chi connectivity index (χ2v) is 6.34. The van der Waals surface area contributed by atoms with E-state index >= 15 is 0 Å². The number of aliphatic hydroxyl groups excluding tert-OH is 1. The highest BCUT2D eigenvalue weighted by Gasteiger charge is 2.49. The minimum absolute atomic E-state index is 0.00886. The zero-order chi connectivity index (χ0) is 16.0. The molecule has 1 aromatic heterocycles. The first-order chi connectivity index (χ1) is 11.1. The molecule has 4 rings (SSSR count). The lowest BCUT2D eigenvalue weighted by Gasteiger charge is -2.30. The van der Waals surface area contributed by atoms with Crippen molar-refractivity contribution in [2.24, 2.45) is 0 Å². The maximum Gasteiger partial charge on any atom is 0.261 e. The van der Waals surface area contributed by atoms with Gasteiger partial charge in [-0.15, -0.1) is 0 Å². The molecule has 2 aliphatic rings. The Morgan fingerprint density at radius 2 is 2.26 bits per heavy atom. The van der Waals surface area contributed by atoms with E-state index in [1.807, 2.05) is 6.07 Å². The lowest BCUT2D eigenvalue weighted by atomic mass is 9.96. The van der Waals surface area contributed by atoms with E-state index in [0.29, 0.717) is 30.3 Å². The Morgan fingerprint density at radius 3 is 3.09 bits per heavy atom. The summed E-state index contributed by atoms with van der Waals surface area (Å²) in [6, 6.07) is 6.99. The zero-order valence-corrected chi connectivity index (χ0v) is 12.6. The van der Waals surface area contributed by atoms with Crippen molar-refractivity contribution in [3.8, 4) is 0 Å². The lowest BCUT2D eigenvalue weighted by Crippen LogP contribution is -2.49. The number of hydrogen-bond donors (Lipinski definition) is 3. The molecule has 7 nitrogen and oxygen atoms in total. The molecule has 0 spiro atoms. The summed E-state index contributed by atoms with van der Waals surface area (Å²) in [4.78, 5) is 16.8. The van der Waals surface area contributed by atoms with Crippen LogP contribution in [0.25, 0.3) is 10.9 Å². The zero-order valence-electron chi connectivity index (χ0n) is 12.6. The normalized spacial score (nSPS) is 33.7.